The highest BCUT2D eigenvalue weighted by Crippen LogP contribution is 2.31. The number of nitrogens with one attached hydrogen (secondary N) is 1. The third-order valence-electron chi connectivity index (χ3n) is 4.20. The molecule has 5 rings (SSSR count). The molecular formula is C19H10BrClFN7O. The molecule has 1 aromatic carbocycles. The van der Waals surface area contributed by atoms with Crippen LogP contribution in [0.2, 0.25) is 5.15 Å². The van der Waals surface area contributed by atoms with Crippen LogP contribution in [-0.2, 0) is 0 Å². The Kier molecular flexibility index (Phi) is 4.64. The fourth-order valence-corrected chi connectivity index (χ4v) is 3.26. The first kappa shape index (κ1) is 18.6. The van der Waals surface area contributed by atoms with E-state index in [1.807, 2.05) is 0 Å². The summed E-state index contributed by atoms with van der Waals surface area (Å²) in [4.78, 5) is 16.7. The molecule has 0 aliphatic rings. The molecule has 0 saturated carbocycles. The van der Waals surface area contributed by atoms with Crippen molar-refractivity contribution in [2.24, 2.45) is 0 Å². The van der Waals surface area contributed by atoms with Crippen molar-refractivity contribution in [1.82, 2.24) is 29.5 Å². The van der Waals surface area contributed by atoms with Crippen molar-refractivity contribution in [3.05, 3.63) is 70.7 Å². The molecule has 0 atom stereocenters. The molecule has 4 aromatic heterocycles. The second-order valence-electron chi connectivity index (χ2n) is 6.15. The topological polar surface area (TPSA) is 90.1 Å². The lowest BCUT2D eigenvalue weighted by Crippen LogP contribution is -1.99. The van der Waals surface area contributed by atoms with Crippen molar-refractivity contribution >= 4 is 55.7 Å². The Morgan fingerprint density at radius 3 is 2.83 bits per heavy atom. The molecule has 30 heavy (non-hydrogen) atoms. The van der Waals surface area contributed by atoms with Crippen LogP contribution >= 0.6 is 27.5 Å². The van der Waals surface area contributed by atoms with Gasteiger partial charge in [-0.2, -0.15) is 5.10 Å². The third-order valence-corrected chi connectivity index (χ3v) is 5.32. The van der Waals surface area contributed by atoms with Crippen LogP contribution in [0.15, 0.2) is 59.7 Å². The van der Waals surface area contributed by atoms with Crippen molar-refractivity contribution in [3.63, 3.8) is 0 Å². The quantitative estimate of drug-likeness (QED) is 0.351. The summed E-state index contributed by atoms with van der Waals surface area (Å²) >= 11 is 9.40. The zero-order valence-corrected chi connectivity index (χ0v) is 17.3. The maximum atomic E-state index is 14.6. The lowest BCUT2D eigenvalue weighted by molar-refractivity contribution is 0.442. The molecule has 0 saturated heterocycles. The van der Waals surface area contributed by atoms with E-state index in [1.165, 1.54) is 24.8 Å². The van der Waals surface area contributed by atoms with Gasteiger partial charge in [0.15, 0.2) is 23.0 Å². The minimum Gasteiger partial charge on any atom is -0.454 e. The van der Waals surface area contributed by atoms with Crippen molar-refractivity contribution in [2.75, 3.05) is 5.32 Å². The van der Waals surface area contributed by atoms with E-state index in [9.17, 15) is 4.39 Å². The van der Waals surface area contributed by atoms with Gasteiger partial charge in [-0.25, -0.2) is 28.8 Å². The number of anilines is 2. The molecule has 8 nitrogen and oxygen atoms in total. The fourth-order valence-electron chi connectivity index (χ4n) is 2.82. The number of hydrogen-bond donors (Lipinski definition) is 1. The summed E-state index contributed by atoms with van der Waals surface area (Å²) in [5, 5.41) is 7.33. The smallest absolute Gasteiger partial charge is 0.167 e. The number of benzene rings is 1. The van der Waals surface area contributed by atoms with Gasteiger partial charge in [0.2, 0.25) is 0 Å². The summed E-state index contributed by atoms with van der Waals surface area (Å²) in [6, 6.07) is 9.57. The minimum atomic E-state index is -0.548. The summed E-state index contributed by atoms with van der Waals surface area (Å²) < 4.78 is 22.5. The van der Waals surface area contributed by atoms with Gasteiger partial charge in [-0.05, 0) is 40.2 Å². The molecule has 0 fully saturated rings. The zero-order chi connectivity index (χ0) is 20.7. The molecule has 0 radical (unpaired) electrons. The first-order chi connectivity index (χ1) is 14.6. The molecule has 0 aliphatic carbocycles. The molecule has 11 heteroatoms. The Balaban J connectivity index is 1.42. The summed E-state index contributed by atoms with van der Waals surface area (Å²) in [6.45, 7) is 0. The van der Waals surface area contributed by atoms with E-state index in [0.717, 1.165) is 0 Å². The van der Waals surface area contributed by atoms with Gasteiger partial charge in [0.05, 0.1) is 9.99 Å². The Labute approximate surface area is 181 Å². The van der Waals surface area contributed by atoms with E-state index in [0.29, 0.717) is 38.4 Å². The molecular weight excluding hydrogens is 477 g/mol. The highest BCUT2D eigenvalue weighted by Gasteiger charge is 2.12. The van der Waals surface area contributed by atoms with Gasteiger partial charge in [0, 0.05) is 24.0 Å². The highest BCUT2D eigenvalue weighted by molar-refractivity contribution is 9.10. The van der Waals surface area contributed by atoms with Crippen LogP contribution in [0.25, 0.3) is 16.7 Å². The largest absolute Gasteiger partial charge is 0.454 e. The van der Waals surface area contributed by atoms with E-state index in [2.05, 4.69) is 46.3 Å². The van der Waals surface area contributed by atoms with Crippen molar-refractivity contribution in [1.29, 1.82) is 0 Å². The van der Waals surface area contributed by atoms with Crippen molar-refractivity contribution in [2.45, 2.75) is 0 Å². The number of aromatic nitrogens is 6. The molecule has 1 N–H and O–H groups in total. The fraction of sp³-hybridized carbons (Fsp3) is 0. The van der Waals surface area contributed by atoms with Crippen LogP contribution in [0.1, 0.15) is 0 Å². The second kappa shape index (κ2) is 7.47. The number of pyridine rings is 2. The number of ether oxygens (including phenoxy) is 1. The number of nitrogens with zero attached hydrogens (tertiary/aromatic N) is 6. The monoisotopic (exact) mass is 485 g/mol. The number of fused-ring (bicyclic) bond motifs is 2. The number of halogens is 3. The molecule has 5 aromatic rings. The van der Waals surface area contributed by atoms with Crippen molar-refractivity contribution in [3.8, 4) is 11.5 Å². The van der Waals surface area contributed by atoms with Gasteiger partial charge in [0.1, 0.15) is 29.1 Å². The summed E-state index contributed by atoms with van der Waals surface area (Å²) in [5.74, 6) is 0.372. The average molecular weight is 487 g/mol. The van der Waals surface area contributed by atoms with Crippen LogP contribution in [0.5, 0.6) is 11.5 Å². The van der Waals surface area contributed by atoms with Gasteiger partial charge in [-0.1, -0.05) is 11.6 Å². The average Bonchev–Trinajstić information content (AvgIpc) is 3.19. The molecule has 0 bridgehead atoms. The normalized spacial score (nSPS) is 11.2. The summed E-state index contributed by atoms with van der Waals surface area (Å²) in [7, 11) is 0. The third kappa shape index (κ3) is 3.51. The van der Waals surface area contributed by atoms with E-state index in [1.54, 1.807) is 35.0 Å². The minimum absolute atomic E-state index is 0.0714. The van der Waals surface area contributed by atoms with Gasteiger partial charge >= 0.3 is 0 Å². The second-order valence-corrected chi connectivity index (χ2v) is 7.36. The summed E-state index contributed by atoms with van der Waals surface area (Å²) in [5.41, 5.74) is 2.12. The molecule has 148 valence electrons. The lowest BCUT2D eigenvalue weighted by atomic mass is 10.2. The standard InChI is InChI=1S/C19H10BrClFN7O/c20-12-7-14-17(28-18(12)21)19(25-8-23-14)27-10-1-2-15(13(22)5-10)30-11-3-4-29-16(6-11)24-9-26-29/h1-9H,(H,23,25,27). The number of rotatable bonds is 4. The van der Waals surface area contributed by atoms with Gasteiger partial charge < -0.3 is 10.1 Å². The van der Waals surface area contributed by atoms with Crippen LogP contribution < -0.4 is 10.1 Å². The van der Waals surface area contributed by atoms with Crippen LogP contribution in [0.4, 0.5) is 15.9 Å². The lowest BCUT2D eigenvalue weighted by Gasteiger charge is -2.11. The molecule has 4 heterocycles. The Morgan fingerprint density at radius 2 is 1.97 bits per heavy atom. The number of hydrogen-bond acceptors (Lipinski definition) is 7. The van der Waals surface area contributed by atoms with Gasteiger partial charge in [-0.15, -0.1) is 0 Å². The molecule has 0 unspecified atom stereocenters. The van der Waals surface area contributed by atoms with Crippen LogP contribution in [0.3, 0.4) is 0 Å². The maximum Gasteiger partial charge on any atom is 0.167 e. The maximum absolute atomic E-state index is 14.6. The SMILES string of the molecule is Fc1cc(Nc2ncnc3cc(Br)c(Cl)nc23)ccc1Oc1ccn2ncnc2c1. The Bertz CT molecular complexity index is 1410. The first-order valence-corrected chi connectivity index (χ1v) is 9.74. The van der Waals surface area contributed by atoms with E-state index in [4.69, 9.17) is 16.3 Å². The first-order valence-electron chi connectivity index (χ1n) is 8.57. The van der Waals surface area contributed by atoms with E-state index < -0.39 is 5.82 Å². The molecule has 0 aliphatic heterocycles. The zero-order valence-electron chi connectivity index (χ0n) is 14.9. The Morgan fingerprint density at radius 1 is 1.07 bits per heavy atom. The molecule has 0 amide bonds. The van der Waals surface area contributed by atoms with E-state index in [-0.39, 0.29) is 10.9 Å². The van der Waals surface area contributed by atoms with Gasteiger partial charge in [0.25, 0.3) is 0 Å². The van der Waals surface area contributed by atoms with E-state index >= 15 is 0 Å². The Hall–Kier alpha value is -3.37. The molecule has 0 spiro atoms. The van der Waals surface area contributed by atoms with Crippen molar-refractivity contribution < 1.29 is 9.13 Å². The van der Waals surface area contributed by atoms with Gasteiger partial charge in [-0.3, -0.25) is 0 Å². The highest BCUT2D eigenvalue weighted by atomic mass is 79.9. The predicted molar refractivity (Wildman–Crippen MR) is 113 cm³/mol. The predicted octanol–water partition coefficient (Wildman–Crippen LogP) is 5.16. The van der Waals surface area contributed by atoms with Crippen LogP contribution in [0, 0.1) is 5.82 Å². The van der Waals surface area contributed by atoms with Crippen LogP contribution in [-0.4, -0.2) is 29.5 Å². The summed E-state index contributed by atoms with van der Waals surface area (Å²) in [6.07, 6.45) is 4.50.